The van der Waals surface area contributed by atoms with Crippen LogP contribution in [0.1, 0.15) is 37.3 Å². The molecule has 0 aliphatic carbocycles. The Kier molecular flexibility index (Phi) is 8.80. The fourth-order valence-corrected chi connectivity index (χ4v) is 4.35. The molecule has 4 rings (SSSR count). The van der Waals surface area contributed by atoms with Crippen LogP contribution in [0.4, 0.5) is 13.6 Å². The highest BCUT2D eigenvalue weighted by Crippen LogP contribution is 2.31. The summed E-state index contributed by atoms with van der Waals surface area (Å²) < 4.78 is 45.9. The van der Waals surface area contributed by atoms with E-state index in [2.05, 4.69) is 5.32 Å². The predicted octanol–water partition coefficient (Wildman–Crippen LogP) is 2.02. The molecule has 4 amide bonds. The number of carbonyl (C=O) groups excluding carboxylic acids is 3. The van der Waals surface area contributed by atoms with E-state index in [0.717, 1.165) is 11.0 Å². The van der Waals surface area contributed by atoms with Crippen molar-refractivity contribution in [2.24, 2.45) is 11.7 Å². The van der Waals surface area contributed by atoms with Crippen molar-refractivity contribution in [3.8, 4) is 5.75 Å². The number of rotatable bonds is 7. The third kappa shape index (κ3) is 5.65. The Morgan fingerprint density at radius 2 is 1.85 bits per heavy atom. The SMILES string of the molecule is Cl.N[C@@H](c1cc(OC2CCOC2)ccc1F)[C@@H](F)CC1C(=O)NC(=O)N(C2CCOCC2)C1=O. The van der Waals surface area contributed by atoms with Crippen LogP contribution in [0.25, 0.3) is 0 Å². The molecular weight excluding hydrogens is 476 g/mol. The average Bonchev–Trinajstić information content (AvgIpc) is 3.31. The monoisotopic (exact) mass is 503 g/mol. The normalized spacial score (nSPS) is 25.5. The van der Waals surface area contributed by atoms with E-state index in [1.807, 2.05) is 0 Å². The van der Waals surface area contributed by atoms with Crippen molar-refractivity contribution in [1.29, 1.82) is 0 Å². The number of halogens is 3. The van der Waals surface area contributed by atoms with Crippen LogP contribution in [0.15, 0.2) is 18.2 Å². The topological polar surface area (TPSA) is 120 Å². The van der Waals surface area contributed by atoms with Crippen LogP contribution in [0.3, 0.4) is 0 Å². The molecule has 3 aliphatic heterocycles. The van der Waals surface area contributed by atoms with Crippen molar-refractivity contribution >= 4 is 30.3 Å². The van der Waals surface area contributed by atoms with Gasteiger partial charge in [-0.2, -0.15) is 0 Å². The van der Waals surface area contributed by atoms with Crippen LogP contribution in [0.5, 0.6) is 5.75 Å². The number of nitrogens with two attached hydrogens (primary N) is 1. The molecule has 34 heavy (non-hydrogen) atoms. The summed E-state index contributed by atoms with van der Waals surface area (Å²) in [6.07, 6.45) is -1.14. The van der Waals surface area contributed by atoms with Gasteiger partial charge in [-0.1, -0.05) is 0 Å². The first kappa shape index (κ1) is 26.3. The highest BCUT2D eigenvalue weighted by molar-refractivity contribution is 6.16. The number of urea groups is 1. The van der Waals surface area contributed by atoms with Crippen molar-refractivity contribution in [2.75, 3.05) is 26.4 Å². The van der Waals surface area contributed by atoms with Gasteiger partial charge in [-0.15, -0.1) is 12.4 Å². The molecule has 0 saturated carbocycles. The molecule has 9 nitrogen and oxygen atoms in total. The number of hydrogen-bond acceptors (Lipinski definition) is 7. The lowest BCUT2D eigenvalue weighted by Crippen LogP contribution is -2.62. The minimum absolute atomic E-state index is 0. The number of alkyl halides is 1. The second-order valence-corrected chi connectivity index (χ2v) is 8.46. The quantitative estimate of drug-likeness (QED) is 0.546. The summed E-state index contributed by atoms with van der Waals surface area (Å²) in [7, 11) is 0. The molecule has 188 valence electrons. The molecule has 3 aliphatic rings. The zero-order valence-corrected chi connectivity index (χ0v) is 19.2. The van der Waals surface area contributed by atoms with Crippen molar-refractivity contribution in [1.82, 2.24) is 10.2 Å². The summed E-state index contributed by atoms with van der Waals surface area (Å²) in [5.74, 6) is -3.50. The number of amides is 4. The lowest BCUT2D eigenvalue weighted by molar-refractivity contribution is -0.146. The second kappa shape index (κ2) is 11.4. The number of hydrogen-bond donors (Lipinski definition) is 2. The van der Waals surface area contributed by atoms with E-state index < -0.39 is 54.3 Å². The maximum absolute atomic E-state index is 15.2. The molecule has 12 heteroatoms. The zero-order chi connectivity index (χ0) is 23.5. The highest BCUT2D eigenvalue weighted by Gasteiger charge is 2.45. The maximum Gasteiger partial charge on any atom is 0.331 e. The van der Waals surface area contributed by atoms with Crippen molar-refractivity contribution < 1.29 is 37.4 Å². The number of nitrogens with one attached hydrogen (secondary N) is 1. The van der Waals surface area contributed by atoms with Gasteiger partial charge in [-0.25, -0.2) is 13.6 Å². The third-order valence-corrected chi connectivity index (χ3v) is 6.22. The minimum atomic E-state index is -1.92. The van der Waals surface area contributed by atoms with E-state index in [1.165, 1.54) is 12.1 Å². The van der Waals surface area contributed by atoms with Gasteiger partial charge in [0.15, 0.2) is 0 Å². The van der Waals surface area contributed by atoms with Crippen LogP contribution in [0, 0.1) is 11.7 Å². The molecule has 0 spiro atoms. The first-order chi connectivity index (χ1) is 15.8. The van der Waals surface area contributed by atoms with Gasteiger partial charge in [0.05, 0.1) is 19.3 Å². The average molecular weight is 504 g/mol. The zero-order valence-electron chi connectivity index (χ0n) is 18.4. The Morgan fingerprint density at radius 3 is 2.53 bits per heavy atom. The number of barbiturate groups is 1. The van der Waals surface area contributed by atoms with Crippen molar-refractivity contribution in [2.45, 2.75) is 50.0 Å². The molecule has 0 radical (unpaired) electrons. The van der Waals surface area contributed by atoms with Gasteiger partial charge in [0.25, 0.3) is 0 Å². The van der Waals surface area contributed by atoms with E-state index in [4.69, 9.17) is 19.9 Å². The molecule has 2 unspecified atom stereocenters. The van der Waals surface area contributed by atoms with Crippen LogP contribution in [-0.4, -0.2) is 67.5 Å². The number of imide groups is 2. The number of benzene rings is 1. The van der Waals surface area contributed by atoms with Gasteiger partial charge < -0.3 is 19.9 Å². The molecule has 0 bridgehead atoms. The fraction of sp³-hybridized carbons (Fsp3) is 0.591. The smallest absolute Gasteiger partial charge is 0.331 e. The highest BCUT2D eigenvalue weighted by atomic mass is 35.5. The van der Waals surface area contributed by atoms with Gasteiger partial charge in [-0.05, 0) is 31.0 Å². The number of carbonyl (C=O) groups is 3. The molecule has 3 saturated heterocycles. The van der Waals surface area contributed by atoms with Crippen LogP contribution < -0.4 is 15.8 Å². The molecule has 3 N–H and O–H groups in total. The molecule has 0 aromatic heterocycles. The summed E-state index contributed by atoms with van der Waals surface area (Å²) in [5.41, 5.74) is 5.87. The summed E-state index contributed by atoms with van der Waals surface area (Å²) >= 11 is 0. The summed E-state index contributed by atoms with van der Waals surface area (Å²) in [5, 5.41) is 2.13. The molecule has 3 fully saturated rings. The lowest BCUT2D eigenvalue weighted by atomic mass is 9.91. The molecule has 1 aromatic rings. The Hall–Kier alpha value is -2.34. The van der Waals surface area contributed by atoms with Gasteiger partial charge in [-0.3, -0.25) is 19.8 Å². The Morgan fingerprint density at radius 1 is 1.15 bits per heavy atom. The first-order valence-electron chi connectivity index (χ1n) is 11.0. The van der Waals surface area contributed by atoms with Gasteiger partial charge >= 0.3 is 6.03 Å². The van der Waals surface area contributed by atoms with Crippen LogP contribution in [0.2, 0.25) is 0 Å². The summed E-state index contributed by atoms with van der Waals surface area (Å²) in [6, 6.07) is 1.19. The van der Waals surface area contributed by atoms with Crippen LogP contribution >= 0.6 is 12.4 Å². The number of ether oxygens (including phenoxy) is 3. The van der Waals surface area contributed by atoms with Gasteiger partial charge in [0.1, 0.15) is 29.8 Å². The van der Waals surface area contributed by atoms with E-state index in [0.29, 0.717) is 51.4 Å². The van der Waals surface area contributed by atoms with Crippen molar-refractivity contribution in [3.63, 3.8) is 0 Å². The Balaban J connectivity index is 0.00000324. The van der Waals surface area contributed by atoms with Crippen molar-refractivity contribution in [3.05, 3.63) is 29.6 Å². The Labute approximate surface area is 201 Å². The van der Waals surface area contributed by atoms with Gasteiger partial charge in [0.2, 0.25) is 11.8 Å². The largest absolute Gasteiger partial charge is 0.488 e. The summed E-state index contributed by atoms with van der Waals surface area (Å²) in [6.45, 7) is 1.73. The summed E-state index contributed by atoms with van der Waals surface area (Å²) in [4.78, 5) is 38.5. The van der Waals surface area contributed by atoms with E-state index in [-0.39, 0.29) is 24.1 Å². The minimum Gasteiger partial charge on any atom is -0.488 e. The Bertz CT molecular complexity index is 911. The molecule has 3 heterocycles. The molecular formula is C22H28ClF2N3O6. The molecule has 4 atom stereocenters. The van der Waals surface area contributed by atoms with E-state index >= 15 is 4.39 Å². The van der Waals surface area contributed by atoms with E-state index in [9.17, 15) is 18.8 Å². The third-order valence-electron chi connectivity index (χ3n) is 6.22. The lowest BCUT2D eigenvalue weighted by Gasteiger charge is -2.37. The second-order valence-electron chi connectivity index (χ2n) is 8.46. The van der Waals surface area contributed by atoms with Crippen LogP contribution in [-0.2, 0) is 19.1 Å². The molecule has 1 aromatic carbocycles. The van der Waals surface area contributed by atoms with Gasteiger partial charge in [0, 0.05) is 37.7 Å². The maximum atomic E-state index is 15.2. The fourth-order valence-electron chi connectivity index (χ4n) is 4.35. The first-order valence-corrected chi connectivity index (χ1v) is 11.0. The standard InChI is InChI=1S/C22H27F2N3O6.ClH/c23-17-2-1-13(33-14-5-8-32-11-14)9-15(17)19(25)18(24)10-16-20(28)26-22(30)27(21(16)29)12-3-6-31-7-4-12;/h1-2,9,12,14,16,18-19H,3-8,10-11,25H2,(H,26,28,30);1H/t14?,16?,18-,19-;/m0./s1. The number of nitrogens with zero attached hydrogens (tertiary/aromatic N) is 1. The van der Waals surface area contributed by atoms with E-state index in [1.54, 1.807) is 0 Å². The predicted molar refractivity (Wildman–Crippen MR) is 118 cm³/mol.